The van der Waals surface area contributed by atoms with Crippen molar-refractivity contribution in [1.29, 1.82) is 0 Å². The minimum absolute atomic E-state index is 0.288. The Kier molecular flexibility index (Phi) is 6.08. The zero-order valence-electron chi connectivity index (χ0n) is 16.0. The van der Waals surface area contributed by atoms with Crippen molar-refractivity contribution in [2.45, 2.75) is 38.8 Å². The summed E-state index contributed by atoms with van der Waals surface area (Å²) in [4.78, 5) is 17.1. The fourth-order valence-corrected chi connectivity index (χ4v) is 3.17. The molecule has 2 atom stereocenters. The van der Waals surface area contributed by atoms with Gasteiger partial charge < -0.3 is 19.9 Å². The molecule has 0 spiro atoms. The molecule has 2 heterocycles. The molecule has 0 radical (unpaired) electrons. The second-order valence-corrected chi connectivity index (χ2v) is 6.91. The molecule has 0 unspecified atom stereocenters. The van der Waals surface area contributed by atoms with E-state index in [1.807, 2.05) is 44.2 Å². The number of hydrogen-bond donors (Lipinski definition) is 2. The number of benzene rings is 1. The lowest BCUT2D eigenvalue weighted by Crippen LogP contribution is -2.49. The van der Waals surface area contributed by atoms with E-state index in [-0.39, 0.29) is 5.91 Å². The minimum Gasteiger partial charge on any atom is -0.497 e. The second-order valence-electron chi connectivity index (χ2n) is 6.91. The lowest BCUT2D eigenvalue weighted by molar-refractivity contribution is -0.0140. The van der Waals surface area contributed by atoms with Gasteiger partial charge in [0, 0.05) is 12.3 Å². The van der Waals surface area contributed by atoms with Crippen LogP contribution in [0.2, 0.25) is 0 Å². The number of hydrogen-bond acceptors (Lipinski definition) is 5. The minimum atomic E-state index is -0.590. The number of rotatable bonds is 5. The third-order valence-corrected chi connectivity index (χ3v) is 5.05. The molecule has 0 saturated carbocycles. The van der Waals surface area contributed by atoms with E-state index in [4.69, 9.17) is 9.47 Å². The summed E-state index contributed by atoms with van der Waals surface area (Å²) in [6.45, 7) is 4.75. The Morgan fingerprint density at radius 2 is 2.07 bits per heavy atom. The van der Waals surface area contributed by atoms with Gasteiger partial charge in [0.25, 0.3) is 5.91 Å². The number of nitrogens with zero attached hydrogens (tertiary/aromatic N) is 1. The predicted octanol–water partition coefficient (Wildman–Crippen LogP) is 2.18. The molecular weight excluding hydrogens is 344 g/mol. The zero-order chi connectivity index (χ0) is 19.4. The van der Waals surface area contributed by atoms with E-state index in [0.29, 0.717) is 31.7 Å². The number of carbonyl (C=O) groups is 1. The molecule has 3 rings (SSSR count). The average molecular weight is 370 g/mol. The van der Waals surface area contributed by atoms with Gasteiger partial charge in [-0.2, -0.15) is 0 Å². The SMILES string of the molecule is COc1ccc(Cc2cc(C(=O)N[C@H]3COCC[C@@H]3O)nc(C)c2C)cc1. The molecule has 1 aliphatic heterocycles. The van der Waals surface area contributed by atoms with Gasteiger partial charge in [0.15, 0.2) is 0 Å². The van der Waals surface area contributed by atoms with Gasteiger partial charge >= 0.3 is 0 Å². The number of carbonyl (C=O) groups excluding carboxylic acids is 1. The standard InChI is InChI=1S/C21H26N2O4/c1-13-14(2)22-18(21(25)23-19-12-27-9-8-20(19)24)11-16(13)10-15-4-6-17(26-3)7-5-15/h4-7,11,19-20,24H,8-10,12H2,1-3H3,(H,23,25)/t19-,20-/m0/s1. The van der Waals surface area contributed by atoms with E-state index in [9.17, 15) is 9.90 Å². The fraction of sp³-hybridized carbons (Fsp3) is 0.429. The maximum absolute atomic E-state index is 12.7. The monoisotopic (exact) mass is 370 g/mol. The first-order valence-electron chi connectivity index (χ1n) is 9.14. The highest BCUT2D eigenvalue weighted by molar-refractivity contribution is 5.92. The first-order valence-corrected chi connectivity index (χ1v) is 9.14. The lowest BCUT2D eigenvalue weighted by Gasteiger charge is -2.28. The maximum atomic E-state index is 12.7. The van der Waals surface area contributed by atoms with E-state index in [1.165, 1.54) is 0 Å². The van der Waals surface area contributed by atoms with Crippen LogP contribution in [0, 0.1) is 13.8 Å². The number of nitrogens with one attached hydrogen (secondary N) is 1. The predicted molar refractivity (Wildman–Crippen MR) is 102 cm³/mol. The van der Waals surface area contributed by atoms with E-state index in [1.54, 1.807) is 7.11 Å². The van der Waals surface area contributed by atoms with Crippen molar-refractivity contribution in [2.75, 3.05) is 20.3 Å². The number of aliphatic hydroxyl groups excluding tert-OH is 1. The van der Waals surface area contributed by atoms with Gasteiger partial charge in [-0.3, -0.25) is 4.79 Å². The summed E-state index contributed by atoms with van der Waals surface area (Å²) in [5.41, 5.74) is 4.44. The molecule has 1 aromatic carbocycles. The summed E-state index contributed by atoms with van der Waals surface area (Å²) in [6.07, 6.45) is 0.635. The first-order chi connectivity index (χ1) is 13.0. The third kappa shape index (κ3) is 4.64. The number of aryl methyl sites for hydroxylation is 1. The van der Waals surface area contributed by atoms with Gasteiger partial charge in [-0.25, -0.2) is 4.98 Å². The molecule has 0 bridgehead atoms. The molecule has 1 saturated heterocycles. The van der Waals surface area contributed by atoms with Crippen LogP contribution >= 0.6 is 0 Å². The normalized spacial score (nSPS) is 19.6. The molecule has 0 aliphatic carbocycles. The van der Waals surface area contributed by atoms with Crippen molar-refractivity contribution in [2.24, 2.45) is 0 Å². The quantitative estimate of drug-likeness (QED) is 0.843. The van der Waals surface area contributed by atoms with Crippen LogP contribution in [0.15, 0.2) is 30.3 Å². The summed E-state index contributed by atoms with van der Waals surface area (Å²) in [7, 11) is 1.64. The van der Waals surface area contributed by atoms with E-state index >= 15 is 0 Å². The highest BCUT2D eigenvalue weighted by Gasteiger charge is 2.26. The number of aromatic nitrogens is 1. The van der Waals surface area contributed by atoms with Crippen LogP contribution in [0.4, 0.5) is 0 Å². The Morgan fingerprint density at radius 3 is 2.74 bits per heavy atom. The summed E-state index contributed by atoms with van der Waals surface area (Å²) >= 11 is 0. The van der Waals surface area contributed by atoms with Crippen molar-refractivity contribution in [3.8, 4) is 5.75 Å². The summed E-state index contributed by atoms with van der Waals surface area (Å²) < 4.78 is 10.5. The Hall–Kier alpha value is -2.44. The van der Waals surface area contributed by atoms with E-state index in [0.717, 1.165) is 28.1 Å². The number of amides is 1. The molecule has 27 heavy (non-hydrogen) atoms. The maximum Gasteiger partial charge on any atom is 0.270 e. The van der Waals surface area contributed by atoms with Gasteiger partial charge in [0.2, 0.25) is 0 Å². The van der Waals surface area contributed by atoms with Crippen LogP contribution in [0.5, 0.6) is 5.75 Å². The van der Waals surface area contributed by atoms with E-state index in [2.05, 4.69) is 10.3 Å². The van der Waals surface area contributed by atoms with Gasteiger partial charge in [-0.05, 0) is 61.6 Å². The average Bonchev–Trinajstić information content (AvgIpc) is 2.67. The Balaban J connectivity index is 1.79. The van der Waals surface area contributed by atoms with Crippen molar-refractivity contribution in [1.82, 2.24) is 10.3 Å². The summed E-state index contributed by atoms with van der Waals surface area (Å²) in [5.74, 6) is 0.526. The molecule has 1 fully saturated rings. The van der Waals surface area contributed by atoms with Crippen molar-refractivity contribution in [3.05, 3.63) is 58.4 Å². The zero-order valence-corrected chi connectivity index (χ0v) is 16.0. The second kappa shape index (κ2) is 8.50. The molecule has 1 aliphatic rings. The van der Waals surface area contributed by atoms with Crippen LogP contribution in [0.1, 0.15) is 39.3 Å². The van der Waals surface area contributed by atoms with Crippen LogP contribution in [-0.4, -0.2) is 48.5 Å². The number of pyridine rings is 1. The smallest absolute Gasteiger partial charge is 0.270 e. The van der Waals surface area contributed by atoms with Gasteiger partial charge in [0.1, 0.15) is 11.4 Å². The molecule has 2 aromatic rings. The van der Waals surface area contributed by atoms with Gasteiger partial charge in [-0.15, -0.1) is 0 Å². The van der Waals surface area contributed by atoms with Gasteiger partial charge in [-0.1, -0.05) is 12.1 Å². The first kappa shape index (κ1) is 19.3. The molecule has 6 heteroatoms. The van der Waals surface area contributed by atoms with Crippen LogP contribution in [-0.2, 0) is 11.2 Å². The van der Waals surface area contributed by atoms with Crippen LogP contribution in [0.3, 0.4) is 0 Å². The third-order valence-electron chi connectivity index (χ3n) is 5.05. The molecule has 1 aromatic heterocycles. The topological polar surface area (TPSA) is 80.7 Å². The van der Waals surface area contributed by atoms with Crippen molar-refractivity contribution in [3.63, 3.8) is 0 Å². The molecule has 6 nitrogen and oxygen atoms in total. The Morgan fingerprint density at radius 1 is 1.33 bits per heavy atom. The number of aliphatic hydroxyl groups is 1. The van der Waals surface area contributed by atoms with Crippen molar-refractivity contribution < 1.29 is 19.4 Å². The molecule has 2 N–H and O–H groups in total. The molecule has 1 amide bonds. The largest absolute Gasteiger partial charge is 0.497 e. The Bertz CT molecular complexity index is 805. The highest BCUT2D eigenvalue weighted by Crippen LogP contribution is 2.20. The number of ether oxygens (including phenoxy) is 2. The molecular formula is C21H26N2O4. The highest BCUT2D eigenvalue weighted by atomic mass is 16.5. The van der Waals surface area contributed by atoms with Gasteiger partial charge in [0.05, 0.1) is 25.9 Å². The van der Waals surface area contributed by atoms with E-state index < -0.39 is 12.1 Å². The van der Waals surface area contributed by atoms with Crippen LogP contribution < -0.4 is 10.1 Å². The molecule has 144 valence electrons. The fourth-order valence-electron chi connectivity index (χ4n) is 3.17. The summed E-state index contributed by atoms with van der Waals surface area (Å²) in [5, 5.41) is 12.9. The van der Waals surface area contributed by atoms with Crippen molar-refractivity contribution >= 4 is 5.91 Å². The summed E-state index contributed by atoms with van der Waals surface area (Å²) in [6, 6.07) is 9.32. The lowest BCUT2D eigenvalue weighted by atomic mass is 9.99. The number of methoxy groups -OCH3 is 1. The Labute approximate surface area is 159 Å². The van der Waals surface area contributed by atoms with Crippen LogP contribution in [0.25, 0.3) is 0 Å².